The van der Waals surface area contributed by atoms with Crippen molar-refractivity contribution in [3.63, 3.8) is 0 Å². The molecule has 21 heavy (non-hydrogen) atoms. The first kappa shape index (κ1) is 16.8. The molecule has 1 saturated heterocycles. The number of carbonyl (C=O) groups excluding carboxylic acids is 1. The zero-order valence-corrected chi connectivity index (χ0v) is 14.1. The lowest BCUT2D eigenvalue weighted by Crippen LogP contribution is -2.36. The van der Waals surface area contributed by atoms with Gasteiger partial charge in [-0.25, -0.2) is 0 Å². The molecule has 0 spiro atoms. The van der Waals surface area contributed by atoms with E-state index >= 15 is 0 Å². The van der Waals surface area contributed by atoms with Crippen LogP contribution in [0.5, 0.6) is 0 Å². The van der Waals surface area contributed by atoms with Gasteiger partial charge in [0.05, 0.1) is 0 Å². The van der Waals surface area contributed by atoms with Crippen LogP contribution in [-0.2, 0) is 9.53 Å². The van der Waals surface area contributed by atoms with Gasteiger partial charge in [-0.15, -0.1) is 0 Å². The van der Waals surface area contributed by atoms with Gasteiger partial charge in [-0.05, 0) is 68.9 Å². The summed E-state index contributed by atoms with van der Waals surface area (Å²) in [6, 6.07) is 0. The maximum atomic E-state index is 12.2. The van der Waals surface area contributed by atoms with Gasteiger partial charge in [0.25, 0.3) is 0 Å². The molecule has 1 aliphatic heterocycles. The third-order valence-corrected chi connectivity index (χ3v) is 5.40. The fourth-order valence-electron chi connectivity index (χ4n) is 3.97. The summed E-state index contributed by atoms with van der Waals surface area (Å²) in [6.45, 7) is 9.01. The molecule has 2 rings (SSSR count). The first-order chi connectivity index (χ1) is 10.1. The number of nitrogens with one attached hydrogen (secondary N) is 1. The van der Waals surface area contributed by atoms with Crippen molar-refractivity contribution in [3.8, 4) is 0 Å². The second-order valence-corrected chi connectivity index (χ2v) is 7.61. The van der Waals surface area contributed by atoms with Crippen molar-refractivity contribution in [2.24, 2.45) is 23.7 Å². The molecule has 1 aliphatic carbocycles. The number of hydrogen-bond acceptors (Lipinski definition) is 3. The second-order valence-electron chi connectivity index (χ2n) is 7.61. The predicted octanol–water partition coefficient (Wildman–Crippen LogP) is 3.77. The van der Waals surface area contributed by atoms with Crippen molar-refractivity contribution in [1.82, 2.24) is 5.32 Å². The molecular formula is C18H33NO2. The van der Waals surface area contributed by atoms with Crippen LogP contribution in [0, 0.1) is 23.7 Å². The average molecular weight is 295 g/mol. The fourth-order valence-corrected chi connectivity index (χ4v) is 3.97. The molecule has 0 aromatic rings. The van der Waals surface area contributed by atoms with E-state index in [1.807, 2.05) is 0 Å². The lowest BCUT2D eigenvalue weighted by atomic mass is 9.75. The monoisotopic (exact) mass is 295 g/mol. The van der Waals surface area contributed by atoms with Gasteiger partial charge >= 0.3 is 5.97 Å². The molecular weight excluding hydrogens is 262 g/mol. The number of carbonyl (C=O) groups is 1. The Hall–Kier alpha value is -0.570. The van der Waals surface area contributed by atoms with Gasteiger partial charge in [-0.1, -0.05) is 27.2 Å². The Balaban J connectivity index is 1.76. The molecule has 2 fully saturated rings. The fraction of sp³-hybridized carbons (Fsp3) is 0.944. The molecule has 1 N–H and O–H groups in total. The highest BCUT2D eigenvalue weighted by molar-refractivity contribution is 5.69. The van der Waals surface area contributed by atoms with Crippen LogP contribution < -0.4 is 5.32 Å². The topological polar surface area (TPSA) is 38.3 Å². The van der Waals surface area contributed by atoms with Crippen molar-refractivity contribution in [2.45, 2.75) is 71.8 Å². The molecule has 3 heteroatoms. The largest absolute Gasteiger partial charge is 0.462 e. The van der Waals surface area contributed by atoms with Crippen molar-refractivity contribution in [3.05, 3.63) is 0 Å². The number of hydrogen-bond donors (Lipinski definition) is 1. The van der Waals surface area contributed by atoms with Crippen LogP contribution in [0.3, 0.4) is 0 Å². The summed E-state index contributed by atoms with van der Waals surface area (Å²) in [5, 5.41) is 3.42. The van der Waals surface area contributed by atoms with Gasteiger partial charge in [-0.2, -0.15) is 0 Å². The molecule has 0 aromatic carbocycles. The zero-order valence-electron chi connectivity index (χ0n) is 14.1. The average Bonchev–Trinajstić information content (AvgIpc) is 2.46. The lowest BCUT2D eigenvalue weighted by molar-refractivity contribution is -0.156. The molecule has 0 aromatic heterocycles. The van der Waals surface area contributed by atoms with Gasteiger partial charge in [0, 0.05) is 6.42 Å². The SMILES string of the molecule is CC1CCC(C(C)C)C(OC(=O)CCC2CCCNC2)C1. The molecule has 4 atom stereocenters. The normalized spacial score (nSPS) is 33.9. The number of ether oxygens (including phenoxy) is 1. The van der Waals surface area contributed by atoms with Gasteiger partial charge in [0.2, 0.25) is 0 Å². The van der Waals surface area contributed by atoms with Crippen LogP contribution in [0.1, 0.15) is 65.7 Å². The minimum absolute atomic E-state index is 0.0327. The highest BCUT2D eigenvalue weighted by Crippen LogP contribution is 2.35. The summed E-state index contributed by atoms with van der Waals surface area (Å²) in [5.74, 6) is 2.56. The molecule has 1 saturated carbocycles. The van der Waals surface area contributed by atoms with Crippen LogP contribution in [0.2, 0.25) is 0 Å². The first-order valence-electron chi connectivity index (χ1n) is 8.96. The van der Waals surface area contributed by atoms with E-state index in [0.29, 0.717) is 30.1 Å². The Morgan fingerprint density at radius 1 is 1.29 bits per heavy atom. The summed E-state index contributed by atoms with van der Waals surface area (Å²) >= 11 is 0. The quantitative estimate of drug-likeness (QED) is 0.785. The third-order valence-electron chi connectivity index (χ3n) is 5.40. The summed E-state index contributed by atoms with van der Waals surface area (Å²) in [6.07, 6.45) is 7.80. The third kappa shape index (κ3) is 5.28. The van der Waals surface area contributed by atoms with Gasteiger partial charge in [-0.3, -0.25) is 4.79 Å². The highest BCUT2D eigenvalue weighted by atomic mass is 16.5. The molecule has 3 nitrogen and oxygen atoms in total. The minimum Gasteiger partial charge on any atom is -0.462 e. The van der Waals surface area contributed by atoms with Crippen LogP contribution in [-0.4, -0.2) is 25.2 Å². The van der Waals surface area contributed by atoms with Crippen molar-refractivity contribution >= 4 is 5.97 Å². The number of esters is 1. The van der Waals surface area contributed by atoms with Crippen LogP contribution >= 0.6 is 0 Å². The number of rotatable bonds is 5. The summed E-state index contributed by atoms with van der Waals surface area (Å²) < 4.78 is 5.87. The molecule has 122 valence electrons. The van der Waals surface area contributed by atoms with E-state index < -0.39 is 0 Å². The zero-order chi connectivity index (χ0) is 15.2. The van der Waals surface area contributed by atoms with Crippen LogP contribution in [0.25, 0.3) is 0 Å². The highest BCUT2D eigenvalue weighted by Gasteiger charge is 2.33. The van der Waals surface area contributed by atoms with E-state index in [0.717, 1.165) is 25.9 Å². The van der Waals surface area contributed by atoms with E-state index in [1.165, 1.54) is 25.7 Å². The smallest absolute Gasteiger partial charge is 0.306 e. The molecule has 2 aliphatic rings. The van der Waals surface area contributed by atoms with E-state index in [-0.39, 0.29) is 12.1 Å². The maximum absolute atomic E-state index is 12.2. The van der Waals surface area contributed by atoms with Crippen molar-refractivity contribution in [2.75, 3.05) is 13.1 Å². The van der Waals surface area contributed by atoms with E-state index in [2.05, 4.69) is 26.1 Å². The Morgan fingerprint density at radius 2 is 2.10 bits per heavy atom. The van der Waals surface area contributed by atoms with Crippen molar-refractivity contribution < 1.29 is 9.53 Å². The molecule has 4 unspecified atom stereocenters. The first-order valence-corrected chi connectivity index (χ1v) is 8.96. The number of piperidine rings is 1. The van der Waals surface area contributed by atoms with Crippen molar-refractivity contribution in [1.29, 1.82) is 0 Å². The van der Waals surface area contributed by atoms with E-state index in [9.17, 15) is 4.79 Å². The lowest BCUT2D eigenvalue weighted by Gasteiger charge is -2.36. The predicted molar refractivity (Wildman–Crippen MR) is 86.1 cm³/mol. The molecule has 0 amide bonds. The summed E-state index contributed by atoms with van der Waals surface area (Å²) in [5.41, 5.74) is 0. The standard InChI is InChI=1S/C18H33NO2/c1-13(2)16-8-6-14(3)11-17(16)21-18(20)9-7-15-5-4-10-19-12-15/h13-17,19H,4-12H2,1-3H3. The molecule has 0 radical (unpaired) electrons. The molecule has 0 bridgehead atoms. The minimum atomic E-state index is 0.0327. The van der Waals surface area contributed by atoms with Gasteiger partial charge < -0.3 is 10.1 Å². The second kappa shape index (κ2) is 8.17. The van der Waals surface area contributed by atoms with Crippen LogP contribution in [0.15, 0.2) is 0 Å². The molecule has 1 heterocycles. The maximum Gasteiger partial charge on any atom is 0.306 e. The Labute approximate surface area is 130 Å². The Morgan fingerprint density at radius 3 is 2.76 bits per heavy atom. The van der Waals surface area contributed by atoms with E-state index in [1.54, 1.807) is 0 Å². The van der Waals surface area contributed by atoms with E-state index in [4.69, 9.17) is 4.74 Å². The Kier molecular flexibility index (Phi) is 6.53. The van der Waals surface area contributed by atoms with Crippen LogP contribution in [0.4, 0.5) is 0 Å². The summed E-state index contributed by atoms with van der Waals surface area (Å²) in [7, 11) is 0. The summed E-state index contributed by atoms with van der Waals surface area (Å²) in [4.78, 5) is 12.2. The Bertz CT molecular complexity index is 323. The van der Waals surface area contributed by atoms with Gasteiger partial charge in [0.1, 0.15) is 6.10 Å². The van der Waals surface area contributed by atoms with Gasteiger partial charge in [0.15, 0.2) is 0 Å².